The van der Waals surface area contributed by atoms with Crippen LogP contribution in [0.5, 0.6) is 0 Å². The van der Waals surface area contributed by atoms with E-state index in [2.05, 4.69) is 14.9 Å². The molecule has 0 spiro atoms. The minimum Gasteiger partial charge on any atom is -2.00 e. The van der Waals surface area contributed by atoms with Gasteiger partial charge in [-0.15, -0.1) is 0 Å². The average molecular weight is 443 g/mol. The van der Waals surface area contributed by atoms with Gasteiger partial charge in [0, 0.05) is 26.2 Å². The van der Waals surface area contributed by atoms with Gasteiger partial charge in [0.25, 0.3) is 0 Å². The molecule has 9 N–H and O–H groups in total. The number of hydrogen-bond donors (Lipinski definition) is 9. The number of piperazine rings is 1. The molecular weight excluding hydrogens is 426 g/mol. The van der Waals surface area contributed by atoms with Crippen LogP contribution in [0.3, 0.4) is 0 Å². The van der Waals surface area contributed by atoms with Crippen LogP contribution in [0.15, 0.2) is 0 Å². The van der Waals surface area contributed by atoms with Crippen LogP contribution < -0.4 is 10.6 Å². The molecule has 0 radical (unpaired) electrons. The summed E-state index contributed by atoms with van der Waals surface area (Å²) in [4.78, 5) is 52.6. The predicted molar refractivity (Wildman–Crippen MR) is 65.9 cm³/mol. The summed E-state index contributed by atoms with van der Waals surface area (Å²) in [5.41, 5.74) is 0. The first-order chi connectivity index (χ1) is 8.71. The van der Waals surface area contributed by atoms with E-state index in [0.717, 1.165) is 26.2 Å². The molecule has 0 bridgehead atoms. The van der Waals surface area contributed by atoms with Gasteiger partial charge in [0.2, 0.25) is 0 Å². The maximum absolute atomic E-state index is 9.63. The molecular formula is C4H17N2O12P3Zn. The Kier molecular flexibility index (Phi) is 19.9. The molecule has 22 heavy (non-hydrogen) atoms. The standard InChI is InChI=1S/C4H10N2.H4O7P2.H3O4P.O.Zn/c1-2-6-4-3-5-1;1-8(2,3)7-9(4,5)6;1-5(2,3)4;;/h5-6H,1-4H2;(H2,1,2,3)(H2,4,5,6);(H3,1,2,3,4);;/q;;;-2;+2. The van der Waals surface area contributed by atoms with Crippen LogP contribution in [0.25, 0.3) is 0 Å². The van der Waals surface area contributed by atoms with E-state index in [-0.39, 0.29) is 25.0 Å². The minimum absolute atomic E-state index is 0. The van der Waals surface area contributed by atoms with Gasteiger partial charge in [0.1, 0.15) is 0 Å². The third kappa shape index (κ3) is 49.7. The first-order valence-corrected chi connectivity index (χ1v) is 9.35. The number of phosphoric acid groups is 3. The molecule has 0 aliphatic carbocycles. The van der Waals surface area contributed by atoms with Gasteiger partial charge in [-0.25, -0.2) is 13.7 Å². The Labute approximate surface area is 138 Å². The molecule has 1 aliphatic rings. The molecule has 14 nitrogen and oxygen atoms in total. The van der Waals surface area contributed by atoms with Gasteiger partial charge < -0.3 is 50.4 Å². The van der Waals surface area contributed by atoms with E-state index in [9.17, 15) is 9.13 Å². The van der Waals surface area contributed by atoms with Crippen LogP contribution in [0.4, 0.5) is 0 Å². The second-order valence-electron chi connectivity index (χ2n) is 3.08. The van der Waals surface area contributed by atoms with E-state index in [1.165, 1.54) is 0 Å². The summed E-state index contributed by atoms with van der Waals surface area (Å²) in [5.74, 6) is 0. The van der Waals surface area contributed by atoms with Gasteiger partial charge in [-0.05, 0) is 0 Å². The van der Waals surface area contributed by atoms with Crippen molar-refractivity contribution in [2.45, 2.75) is 0 Å². The van der Waals surface area contributed by atoms with Crippen molar-refractivity contribution in [3.63, 3.8) is 0 Å². The van der Waals surface area contributed by atoms with Gasteiger partial charge in [-0.1, -0.05) is 0 Å². The molecule has 1 heterocycles. The van der Waals surface area contributed by atoms with Gasteiger partial charge >= 0.3 is 42.9 Å². The van der Waals surface area contributed by atoms with Crippen LogP contribution in [-0.4, -0.2) is 60.4 Å². The molecule has 0 aromatic carbocycles. The zero-order valence-corrected chi connectivity index (χ0v) is 16.7. The second-order valence-corrected chi connectivity index (χ2v) is 6.72. The van der Waals surface area contributed by atoms with Crippen molar-refractivity contribution >= 4 is 23.5 Å². The summed E-state index contributed by atoms with van der Waals surface area (Å²) in [6.07, 6.45) is 0. The Morgan fingerprint density at radius 2 is 0.864 bits per heavy atom. The van der Waals surface area contributed by atoms with E-state index >= 15 is 0 Å². The summed E-state index contributed by atoms with van der Waals surface area (Å²) >= 11 is 0. The van der Waals surface area contributed by atoms with E-state index < -0.39 is 23.5 Å². The maximum atomic E-state index is 9.63. The normalized spacial score (nSPS) is 14.9. The van der Waals surface area contributed by atoms with Crippen LogP contribution >= 0.6 is 23.5 Å². The smallest absolute Gasteiger partial charge is 2.00 e. The quantitative estimate of drug-likeness (QED) is 0.156. The second kappa shape index (κ2) is 14.2. The molecule has 0 aromatic heterocycles. The molecule has 1 saturated heterocycles. The van der Waals surface area contributed by atoms with Crippen LogP contribution in [0.1, 0.15) is 0 Å². The Bertz CT molecular complexity index is 346. The van der Waals surface area contributed by atoms with Crippen molar-refractivity contribution in [2.24, 2.45) is 0 Å². The molecule has 1 aliphatic heterocycles. The fourth-order valence-corrected chi connectivity index (χ4v) is 1.85. The monoisotopic (exact) mass is 442 g/mol. The molecule has 0 saturated carbocycles. The Morgan fingerprint density at radius 3 is 0.909 bits per heavy atom. The largest absolute Gasteiger partial charge is 2.00 e. The van der Waals surface area contributed by atoms with E-state index in [4.69, 9.17) is 38.8 Å². The molecule has 0 atom stereocenters. The number of hydrogen-bond acceptors (Lipinski definition) is 6. The number of rotatable bonds is 2. The summed E-state index contributed by atoms with van der Waals surface area (Å²) in [6.45, 7) is 4.56. The summed E-state index contributed by atoms with van der Waals surface area (Å²) in [5, 5.41) is 6.44. The SMILES string of the molecule is C1CNCCN1.O=P(O)(O)O.O=P(O)(O)OP(=O)(O)O.[O-2].[Zn+2]. The molecule has 1 rings (SSSR count). The fourth-order valence-electron chi connectivity index (χ4n) is 0.742. The third-order valence-corrected chi connectivity index (χ3v) is 2.87. The first-order valence-electron chi connectivity index (χ1n) is 4.73. The predicted octanol–water partition coefficient (Wildman–Crippen LogP) is -2.68. The molecule has 0 unspecified atom stereocenters. The Hall–Kier alpha value is 0.873. The summed E-state index contributed by atoms with van der Waals surface area (Å²) in [7, 11) is -14.7. The van der Waals surface area contributed by atoms with Gasteiger partial charge in [-0.2, -0.15) is 4.31 Å². The Balaban J connectivity index is -0.000000110. The molecule has 18 heteroatoms. The van der Waals surface area contributed by atoms with Crippen molar-refractivity contribution in [2.75, 3.05) is 26.2 Å². The topological polar surface area (TPSA) is 255 Å². The van der Waals surface area contributed by atoms with Gasteiger partial charge in [0.05, 0.1) is 0 Å². The van der Waals surface area contributed by atoms with Gasteiger partial charge in [-0.3, -0.25) is 0 Å². The van der Waals surface area contributed by atoms with Crippen molar-refractivity contribution in [3.05, 3.63) is 0 Å². The van der Waals surface area contributed by atoms with Crippen LogP contribution in [0, 0.1) is 0 Å². The molecule has 132 valence electrons. The van der Waals surface area contributed by atoms with Gasteiger partial charge in [0.15, 0.2) is 0 Å². The van der Waals surface area contributed by atoms with E-state index in [0.29, 0.717) is 0 Å². The molecule has 1 fully saturated rings. The average Bonchev–Trinajstić information content (AvgIpc) is 2.12. The molecule has 0 amide bonds. The Morgan fingerprint density at radius 1 is 0.682 bits per heavy atom. The maximum Gasteiger partial charge on any atom is 2.00 e. The fraction of sp³-hybridized carbons (Fsp3) is 1.00. The third-order valence-electron chi connectivity index (χ3n) is 1.17. The zero-order chi connectivity index (χ0) is 16.4. The summed E-state index contributed by atoms with van der Waals surface area (Å²) in [6, 6.07) is 0. The molecule has 0 aromatic rings. The first kappa shape index (κ1) is 30.7. The van der Waals surface area contributed by atoms with Crippen LogP contribution in [0.2, 0.25) is 0 Å². The van der Waals surface area contributed by atoms with Crippen LogP contribution in [-0.2, 0) is 43.0 Å². The number of nitrogens with one attached hydrogen (secondary N) is 2. The van der Waals surface area contributed by atoms with E-state index in [1.807, 2.05) is 0 Å². The van der Waals surface area contributed by atoms with Crippen molar-refractivity contribution in [1.82, 2.24) is 10.6 Å². The van der Waals surface area contributed by atoms with E-state index in [1.54, 1.807) is 0 Å². The van der Waals surface area contributed by atoms with Crippen molar-refractivity contribution in [1.29, 1.82) is 0 Å². The van der Waals surface area contributed by atoms with Crippen molar-refractivity contribution in [3.8, 4) is 0 Å². The minimum atomic E-state index is -5.05. The summed E-state index contributed by atoms with van der Waals surface area (Å²) < 4.78 is 31.1. The zero-order valence-electron chi connectivity index (χ0n) is 11.0. The van der Waals surface area contributed by atoms with Crippen molar-refractivity contribution < 1.29 is 77.2 Å².